The molecule has 1 atom stereocenters. The highest BCUT2D eigenvalue weighted by Crippen LogP contribution is 2.47. The number of halogens is 1. The maximum atomic E-state index is 12.3. The van der Waals surface area contributed by atoms with E-state index in [0.29, 0.717) is 17.0 Å². The van der Waals surface area contributed by atoms with Gasteiger partial charge in [0.25, 0.3) is 5.91 Å². The fourth-order valence-electron chi connectivity index (χ4n) is 3.03. The van der Waals surface area contributed by atoms with Gasteiger partial charge in [-0.3, -0.25) is 4.79 Å². The molecule has 18 heavy (non-hydrogen) atoms. The molecule has 1 amide bonds. The number of hydrogen-bond acceptors (Lipinski definition) is 3. The Morgan fingerprint density at radius 3 is 2.78 bits per heavy atom. The van der Waals surface area contributed by atoms with Crippen molar-refractivity contribution in [3.05, 3.63) is 22.1 Å². The molecule has 1 aromatic rings. The number of aryl methyl sites for hydroxylation is 1. The number of furan rings is 1. The Morgan fingerprint density at radius 1 is 1.61 bits per heavy atom. The lowest BCUT2D eigenvalue weighted by Gasteiger charge is -2.41. The number of carbonyl (C=O) groups is 1. The van der Waals surface area contributed by atoms with Gasteiger partial charge < -0.3 is 15.1 Å². The van der Waals surface area contributed by atoms with Gasteiger partial charge in [-0.2, -0.15) is 0 Å². The van der Waals surface area contributed by atoms with Crippen LogP contribution in [0.4, 0.5) is 0 Å². The second-order valence-corrected chi connectivity index (χ2v) is 6.30. The lowest BCUT2D eigenvalue weighted by atomic mass is 9.66. The lowest BCUT2D eigenvalue weighted by Crippen LogP contribution is -2.45. The Morgan fingerprint density at radius 2 is 2.33 bits per heavy atom. The van der Waals surface area contributed by atoms with Crippen LogP contribution in [0.3, 0.4) is 0 Å². The number of amides is 1. The van der Waals surface area contributed by atoms with E-state index in [9.17, 15) is 4.79 Å². The quantitative estimate of drug-likeness (QED) is 0.865. The summed E-state index contributed by atoms with van der Waals surface area (Å²) in [4.78, 5) is 14.2. The van der Waals surface area contributed by atoms with Crippen LogP contribution in [0.1, 0.15) is 35.4 Å². The zero-order valence-corrected chi connectivity index (χ0v) is 12.0. The van der Waals surface area contributed by atoms with Crippen LogP contribution in [0.25, 0.3) is 0 Å². The third-order valence-corrected chi connectivity index (χ3v) is 5.20. The van der Waals surface area contributed by atoms with E-state index >= 15 is 0 Å². The van der Waals surface area contributed by atoms with Gasteiger partial charge in [0.05, 0.1) is 0 Å². The minimum Gasteiger partial charge on any atom is -0.444 e. The third kappa shape index (κ3) is 1.72. The minimum atomic E-state index is -0.0389. The Bertz CT molecular complexity index is 474. The molecule has 5 heteroatoms. The van der Waals surface area contributed by atoms with Crippen LogP contribution in [0.5, 0.6) is 0 Å². The van der Waals surface area contributed by atoms with Crippen LogP contribution >= 0.6 is 15.9 Å². The molecule has 2 fully saturated rings. The summed E-state index contributed by atoms with van der Waals surface area (Å²) in [6.07, 6.45) is 3.54. The molecular weight excluding hydrogens is 296 g/mol. The van der Waals surface area contributed by atoms with E-state index < -0.39 is 0 Å². The summed E-state index contributed by atoms with van der Waals surface area (Å²) >= 11 is 3.29. The summed E-state index contributed by atoms with van der Waals surface area (Å²) in [6, 6.07) is 1.90. The molecule has 1 saturated heterocycles. The molecule has 3 rings (SSSR count). The summed E-state index contributed by atoms with van der Waals surface area (Å²) in [5, 5.41) is 0. The Balaban J connectivity index is 1.78. The van der Waals surface area contributed by atoms with Gasteiger partial charge in [-0.05, 0) is 41.8 Å². The molecule has 2 heterocycles. The van der Waals surface area contributed by atoms with Crippen molar-refractivity contribution in [2.24, 2.45) is 11.1 Å². The van der Waals surface area contributed by atoms with E-state index in [1.807, 2.05) is 11.8 Å². The van der Waals surface area contributed by atoms with Crippen molar-refractivity contribution in [3.63, 3.8) is 0 Å². The SMILES string of the molecule is Cc1cc(C(=O)N2CC(N)C3(CCC3)C2)oc1Br. The van der Waals surface area contributed by atoms with Gasteiger partial charge in [0.15, 0.2) is 10.4 Å². The first-order valence-electron chi connectivity index (χ1n) is 6.33. The second kappa shape index (κ2) is 4.10. The molecule has 1 aromatic heterocycles. The topological polar surface area (TPSA) is 59.5 Å². The standard InChI is InChI=1S/C13H17BrN2O2/c1-8-5-9(18-11(8)14)12(17)16-6-10(15)13(7-16)3-2-4-13/h5,10H,2-4,6-7,15H2,1H3. The van der Waals surface area contributed by atoms with E-state index in [0.717, 1.165) is 24.9 Å². The summed E-state index contributed by atoms with van der Waals surface area (Å²) < 4.78 is 6.06. The van der Waals surface area contributed by atoms with Gasteiger partial charge in [-0.15, -0.1) is 0 Å². The van der Waals surface area contributed by atoms with E-state index in [-0.39, 0.29) is 17.4 Å². The van der Waals surface area contributed by atoms with Gasteiger partial charge >= 0.3 is 0 Å². The summed E-state index contributed by atoms with van der Waals surface area (Å²) in [7, 11) is 0. The van der Waals surface area contributed by atoms with Gasteiger partial charge in [0, 0.05) is 30.1 Å². The molecule has 0 aromatic carbocycles. The van der Waals surface area contributed by atoms with E-state index in [1.165, 1.54) is 6.42 Å². The average molecular weight is 313 g/mol. The van der Waals surface area contributed by atoms with E-state index in [1.54, 1.807) is 6.07 Å². The Kier molecular flexibility index (Phi) is 2.79. The molecule has 98 valence electrons. The van der Waals surface area contributed by atoms with E-state index in [4.69, 9.17) is 10.2 Å². The van der Waals surface area contributed by atoms with Crippen molar-refractivity contribution in [3.8, 4) is 0 Å². The largest absolute Gasteiger partial charge is 0.444 e. The van der Waals surface area contributed by atoms with E-state index in [2.05, 4.69) is 15.9 Å². The van der Waals surface area contributed by atoms with Gasteiger partial charge in [-0.1, -0.05) is 6.42 Å². The molecule has 1 spiro atoms. The normalized spacial score (nSPS) is 25.5. The van der Waals surface area contributed by atoms with Gasteiger partial charge in [0.2, 0.25) is 0 Å². The summed E-state index contributed by atoms with van der Waals surface area (Å²) in [6.45, 7) is 3.34. The van der Waals surface area contributed by atoms with Gasteiger partial charge in [0.1, 0.15) is 0 Å². The average Bonchev–Trinajstić information content (AvgIpc) is 2.79. The number of nitrogens with two attached hydrogens (primary N) is 1. The smallest absolute Gasteiger partial charge is 0.289 e. The zero-order chi connectivity index (χ0) is 12.9. The van der Waals surface area contributed by atoms with Crippen molar-refractivity contribution in [1.82, 2.24) is 4.90 Å². The highest BCUT2D eigenvalue weighted by atomic mass is 79.9. The Labute approximate surface area is 115 Å². The fourth-order valence-corrected chi connectivity index (χ4v) is 3.32. The fraction of sp³-hybridized carbons (Fsp3) is 0.615. The van der Waals surface area contributed by atoms with Crippen LogP contribution in [0, 0.1) is 12.3 Å². The number of rotatable bonds is 1. The third-order valence-electron chi connectivity index (χ3n) is 4.41. The molecule has 1 saturated carbocycles. The second-order valence-electron chi connectivity index (χ2n) is 5.58. The highest BCUT2D eigenvalue weighted by Gasteiger charge is 2.50. The van der Waals surface area contributed by atoms with Crippen LogP contribution in [-0.4, -0.2) is 29.9 Å². The molecule has 1 aliphatic carbocycles. The van der Waals surface area contributed by atoms with Crippen LogP contribution in [-0.2, 0) is 0 Å². The van der Waals surface area contributed by atoms with Crippen LogP contribution in [0.15, 0.2) is 15.2 Å². The molecule has 0 radical (unpaired) electrons. The van der Waals surface area contributed by atoms with Crippen molar-refractivity contribution in [2.75, 3.05) is 13.1 Å². The monoisotopic (exact) mass is 312 g/mol. The predicted octanol–water partition coefficient (Wildman–Crippen LogP) is 2.30. The molecular formula is C13H17BrN2O2. The first-order valence-corrected chi connectivity index (χ1v) is 7.12. The molecule has 0 bridgehead atoms. The maximum Gasteiger partial charge on any atom is 0.289 e. The minimum absolute atomic E-state index is 0.0389. The highest BCUT2D eigenvalue weighted by molar-refractivity contribution is 9.10. The molecule has 1 aliphatic heterocycles. The number of likely N-dealkylation sites (tertiary alicyclic amines) is 1. The first kappa shape index (κ1) is 12.2. The van der Waals surface area contributed by atoms with Crippen molar-refractivity contribution in [2.45, 2.75) is 32.2 Å². The van der Waals surface area contributed by atoms with Crippen molar-refractivity contribution >= 4 is 21.8 Å². The summed E-state index contributed by atoms with van der Waals surface area (Å²) in [5.74, 6) is 0.367. The Hall–Kier alpha value is -0.810. The van der Waals surface area contributed by atoms with Crippen LogP contribution < -0.4 is 5.73 Å². The molecule has 4 nitrogen and oxygen atoms in total. The van der Waals surface area contributed by atoms with Crippen LogP contribution in [0.2, 0.25) is 0 Å². The molecule has 1 unspecified atom stereocenters. The van der Waals surface area contributed by atoms with Crippen molar-refractivity contribution in [1.29, 1.82) is 0 Å². The summed E-state index contributed by atoms with van der Waals surface area (Å²) in [5.41, 5.74) is 7.32. The molecule has 2 aliphatic rings. The zero-order valence-electron chi connectivity index (χ0n) is 10.4. The number of nitrogens with zero attached hydrogens (tertiary/aromatic N) is 1. The van der Waals surface area contributed by atoms with Gasteiger partial charge in [-0.25, -0.2) is 0 Å². The molecule has 2 N–H and O–H groups in total. The van der Waals surface area contributed by atoms with Crippen molar-refractivity contribution < 1.29 is 9.21 Å². The predicted molar refractivity (Wildman–Crippen MR) is 71.3 cm³/mol. The maximum absolute atomic E-state index is 12.3. The first-order chi connectivity index (χ1) is 8.52. The lowest BCUT2D eigenvalue weighted by molar-refractivity contribution is 0.0695. The number of hydrogen-bond donors (Lipinski definition) is 1. The number of carbonyl (C=O) groups excluding carboxylic acids is 1.